The van der Waals surface area contributed by atoms with Gasteiger partial charge >= 0.3 is 0 Å². The molecule has 0 radical (unpaired) electrons. The van der Waals surface area contributed by atoms with Gasteiger partial charge in [0.15, 0.2) is 5.96 Å². The number of nitrogens with one attached hydrogen (secondary N) is 3. The lowest BCUT2D eigenvalue weighted by Crippen LogP contribution is -2.38. The molecule has 1 aromatic carbocycles. The zero-order valence-electron chi connectivity index (χ0n) is 12.8. The van der Waals surface area contributed by atoms with Crippen LogP contribution in [0.15, 0.2) is 29.3 Å². The van der Waals surface area contributed by atoms with Gasteiger partial charge in [-0.2, -0.15) is 0 Å². The Kier molecular flexibility index (Phi) is 5.60. The number of carbonyl (C=O) groups excluding carboxylic acids is 1. The lowest BCUT2D eigenvalue weighted by molar-refractivity contribution is -0.114. The molecule has 0 aromatic heterocycles. The maximum absolute atomic E-state index is 11.1. The Balaban J connectivity index is 1.93. The van der Waals surface area contributed by atoms with Crippen molar-refractivity contribution in [1.82, 2.24) is 10.6 Å². The predicted octanol–water partition coefficient (Wildman–Crippen LogP) is 2.11. The van der Waals surface area contributed by atoms with E-state index in [9.17, 15) is 4.79 Å². The number of aliphatic imine (C=N–C) groups is 1. The highest BCUT2D eigenvalue weighted by atomic mass is 16.1. The first-order valence-electron chi connectivity index (χ1n) is 7.56. The van der Waals surface area contributed by atoms with Crippen molar-refractivity contribution in [3.05, 3.63) is 29.8 Å². The van der Waals surface area contributed by atoms with E-state index in [-0.39, 0.29) is 5.91 Å². The largest absolute Gasteiger partial charge is 0.357 e. The number of nitrogens with zero attached hydrogens (tertiary/aromatic N) is 1. The molecule has 1 aromatic rings. The Bertz CT molecular complexity index is 509. The third-order valence-corrected chi connectivity index (χ3v) is 3.27. The summed E-state index contributed by atoms with van der Waals surface area (Å²) in [6.07, 6.45) is 2.65. The third kappa shape index (κ3) is 5.85. The monoisotopic (exact) mass is 288 g/mol. The summed E-state index contributed by atoms with van der Waals surface area (Å²) in [5.74, 6) is 1.61. The maximum atomic E-state index is 11.1. The minimum atomic E-state index is -0.0601. The van der Waals surface area contributed by atoms with Crippen molar-refractivity contribution in [3.8, 4) is 0 Å². The molecule has 1 amide bonds. The van der Waals surface area contributed by atoms with Crippen molar-refractivity contribution >= 4 is 17.6 Å². The molecule has 114 valence electrons. The number of benzene rings is 1. The number of anilines is 1. The van der Waals surface area contributed by atoms with E-state index in [0.29, 0.717) is 6.54 Å². The summed E-state index contributed by atoms with van der Waals surface area (Å²) in [6.45, 7) is 6.01. The molecule has 5 heteroatoms. The van der Waals surface area contributed by atoms with Gasteiger partial charge in [0, 0.05) is 25.7 Å². The van der Waals surface area contributed by atoms with E-state index in [2.05, 4.69) is 27.9 Å². The van der Waals surface area contributed by atoms with Crippen molar-refractivity contribution in [2.24, 2.45) is 10.9 Å². The Hall–Kier alpha value is -2.04. The van der Waals surface area contributed by atoms with E-state index in [0.717, 1.165) is 36.2 Å². The fourth-order valence-electron chi connectivity index (χ4n) is 2.03. The molecule has 1 saturated carbocycles. The Morgan fingerprint density at radius 1 is 1.33 bits per heavy atom. The van der Waals surface area contributed by atoms with Crippen LogP contribution < -0.4 is 16.0 Å². The molecule has 2 rings (SSSR count). The van der Waals surface area contributed by atoms with Gasteiger partial charge in [0.05, 0.1) is 6.54 Å². The molecule has 0 aliphatic heterocycles. The lowest BCUT2D eigenvalue weighted by atomic mass is 10.2. The summed E-state index contributed by atoms with van der Waals surface area (Å²) < 4.78 is 0. The molecule has 0 heterocycles. The van der Waals surface area contributed by atoms with Crippen LogP contribution >= 0.6 is 0 Å². The van der Waals surface area contributed by atoms with E-state index in [1.54, 1.807) is 0 Å². The maximum Gasteiger partial charge on any atom is 0.221 e. The number of carbonyl (C=O) groups is 1. The molecule has 0 spiro atoms. The third-order valence-electron chi connectivity index (χ3n) is 3.27. The summed E-state index contributed by atoms with van der Waals surface area (Å²) in [4.78, 5) is 15.7. The van der Waals surface area contributed by atoms with Gasteiger partial charge in [-0.15, -0.1) is 0 Å². The molecule has 0 saturated heterocycles. The van der Waals surface area contributed by atoms with Crippen molar-refractivity contribution < 1.29 is 4.79 Å². The van der Waals surface area contributed by atoms with Gasteiger partial charge in [-0.1, -0.05) is 12.1 Å². The molecule has 1 aliphatic carbocycles. The highest BCUT2D eigenvalue weighted by molar-refractivity contribution is 5.88. The zero-order valence-corrected chi connectivity index (χ0v) is 12.8. The summed E-state index contributed by atoms with van der Waals surface area (Å²) in [5, 5.41) is 9.41. The van der Waals surface area contributed by atoms with Gasteiger partial charge in [-0.3, -0.25) is 4.79 Å². The van der Waals surface area contributed by atoms with E-state index < -0.39 is 0 Å². The minimum Gasteiger partial charge on any atom is -0.357 e. The Labute approximate surface area is 126 Å². The standard InChI is InChI=1S/C16H24N4O/c1-3-17-16(18-10-13-7-8-13)19-11-14-5-4-6-15(9-14)20-12(2)21/h4-6,9,13H,3,7-8,10-11H2,1-2H3,(H,20,21)(H2,17,18,19). The number of hydrogen-bond acceptors (Lipinski definition) is 2. The molecule has 0 bridgehead atoms. The lowest BCUT2D eigenvalue weighted by Gasteiger charge is -2.11. The predicted molar refractivity (Wildman–Crippen MR) is 86.3 cm³/mol. The topological polar surface area (TPSA) is 65.5 Å². The molecule has 21 heavy (non-hydrogen) atoms. The van der Waals surface area contributed by atoms with Crippen LogP contribution in [-0.2, 0) is 11.3 Å². The number of hydrogen-bond donors (Lipinski definition) is 3. The van der Waals surface area contributed by atoms with Crippen molar-refractivity contribution in [2.45, 2.75) is 33.2 Å². The molecular weight excluding hydrogens is 264 g/mol. The highest BCUT2D eigenvalue weighted by Crippen LogP contribution is 2.27. The smallest absolute Gasteiger partial charge is 0.221 e. The second-order valence-corrected chi connectivity index (χ2v) is 5.40. The van der Waals surface area contributed by atoms with Crippen LogP contribution in [0, 0.1) is 5.92 Å². The fraction of sp³-hybridized carbons (Fsp3) is 0.500. The fourth-order valence-corrected chi connectivity index (χ4v) is 2.03. The quantitative estimate of drug-likeness (QED) is 0.555. The molecule has 3 N–H and O–H groups in total. The summed E-state index contributed by atoms with van der Waals surface area (Å²) in [6, 6.07) is 7.78. The average Bonchev–Trinajstić information content (AvgIpc) is 3.26. The van der Waals surface area contributed by atoms with E-state index in [1.807, 2.05) is 24.3 Å². The van der Waals surface area contributed by atoms with Crippen LogP contribution in [-0.4, -0.2) is 25.0 Å². The van der Waals surface area contributed by atoms with Crippen LogP contribution in [0.25, 0.3) is 0 Å². The normalized spacial score (nSPS) is 14.7. The molecule has 5 nitrogen and oxygen atoms in total. The first-order valence-corrected chi connectivity index (χ1v) is 7.56. The first-order chi connectivity index (χ1) is 10.2. The van der Waals surface area contributed by atoms with Crippen molar-refractivity contribution in [3.63, 3.8) is 0 Å². The van der Waals surface area contributed by atoms with Crippen LogP contribution in [0.5, 0.6) is 0 Å². The molecule has 0 atom stereocenters. The second kappa shape index (κ2) is 7.67. The first kappa shape index (κ1) is 15.4. The second-order valence-electron chi connectivity index (χ2n) is 5.40. The molecule has 0 unspecified atom stereocenters. The van der Waals surface area contributed by atoms with Crippen LogP contribution in [0.3, 0.4) is 0 Å². The molecular formula is C16H24N4O. The van der Waals surface area contributed by atoms with Crippen LogP contribution in [0.2, 0.25) is 0 Å². The summed E-state index contributed by atoms with van der Waals surface area (Å²) >= 11 is 0. The van der Waals surface area contributed by atoms with E-state index >= 15 is 0 Å². The summed E-state index contributed by atoms with van der Waals surface area (Å²) in [7, 11) is 0. The number of amides is 1. The number of rotatable bonds is 6. The van der Waals surface area contributed by atoms with Gasteiger partial charge in [0.1, 0.15) is 0 Å². The summed E-state index contributed by atoms with van der Waals surface area (Å²) in [5.41, 5.74) is 1.89. The van der Waals surface area contributed by atoms with Crippen LogP contribution in [0.4, 0.5) is 5.69 Å². The van der Waals surface area contributed by atoms with Crippen LogP contribution in [0.1, 0.15) is 32.3 Å². The Morgan fingerprint density at radius 3 is 2.81 bits per heavy atom. The molecule has 1 aliphatic rings. The van der Waals surface area contributed by atoms with Gasteiger partial charge < -0.3 is 16.0 Å². The molecule has 1 fully saturated rings. The highest BCUT2D eigenvalue weighted by Gasteiger charge is 2.20. The van der Waals surface area contributed by atoms with Crippen molar-refractivity contribution in [2.75, 3.05) is 18.4 Å². The SMILES string of the molecule is CCNC(=NCc1cccc(NC(C)=O)c1)NCC1CC1. The minimum absolute atomic E-state index is 0.0601. The Morgan fingerprint density at radius 2 is 2.14 bits per heavy atom. The zero-order chi connectivity index (χ0) is 15.1. The van der Waals surface area contributed by atoms with Gasteiger partial charge in [0.25, 0.3) is 0 Å². The van der Waals surface area contributed by atoms with Crippen molar-refractivity contribution in [1.29, 1.82) is 0 Å². The van der Waals surface area contributed by atoms with Gasteiger partial charge in [0.2, 0.25) is 5.91 Å². The van der Waals surface area contributed by atoms with Gasteiger partial charge in [-0.25, -0.2) is 4.99 Å². The average molecular weight is 288 g/mol. The van der Waals surface area contributed by atoms with E-state index in [4.69, 9.17) is 0 Å². The number of guanidine groups is 1. The van der Waals surface area contributed by atoms with E-state index in [1.165, 1.54) is 19.8 Å². The van der Waals surface area contributed by atoms with Gasteiger partial charge in [-0.05, 0) is 43.4 Å².